The highest BCUT2D eigenvalue weighted by atomic mass is 127. The number of aliphatic imine (C=N–C) groups is 1. The van der Waals surface area contributed by atoms with Gasteiger partial charge in [0.15, 0.2) is 15.8 Å². The smallest absolute Gasteiger partial charge is 0.246 e. The summed E-state index contributed by atoms with van der Waals surface area (Å²) < 4.78 is 28.3. The van der Waals surface area contributed by atoms with Gasteiger partial charge in [-0.1, -0.05) is 28.9 Å². The first-order valence-electron chi connectivity index (χ1n) is 9.17. The van der Waals surface area contributed by atoms with Gasteiger partial charge in [-0.3, -0.25) is 4.99 Å². The van der Waals surface area contributed by atoms with E-state index in [1.165, 1.54) is 6.26 Å². The number of benzene rings is 2. The SMILES string of the molecule is CN=C(NCCc1ccc(S(C)(=O)=O)cc1)NCc1nc(-c2ccc(Cl)cc2)no1.I. The van der Waals surface area contributed by atoms with E-state index in [1.807, 2.05) is 24.3 Å². The van der Waals surface area contributed by atoms with Gasteiger partial charge in [0.1, 0.15) is 0 Å². The Labute approximate surface area is 203 Å². The highest BCUT2D eigenvalue weighted by Gasteiger charge is 2.10. The minimum atomic E-state index is -3.18. The van der Waals surface area contributed by atoms with E-state index in [0.29, 0.717) is 47.1 Å². The van der Waals surface area contributed by atoms with Gasteiger partial charge in [0.05, 0.1) is 11.4 Å². The molecule has 11 heteroatoms. The van der Waals surface area contributed by atoms with Crippen LogP contribution in [0.2, 0.25) is 5.02 Å². The van der Waals surface area contributed by atoms with Crippen molar-refractivity contribution >= 4 is 51.4 Å². The Hall–Kier alpha value is -2.18. The molecule has 0 amide bonds. The van der Waals surface area contributed by atoms with Crippen molar-refractivity contribution < 1.29 is 12.9 Å². The summed E-state index contributed by atoms with van der Waals surface area (Å²) in [5, 5.41) is 10.9. The number of guanidine groups is 1. The van der Waals surface area contributed by atoms with E-state index in [1.54, 1.807) is 31.3 Å². The molecule has 0 unspecified atom stereocenters. The van der Waals surface area contributed by atoms with Crippen molar-refractivity contribution in [2.75, 3.05) is 19.8 Å². The number of sulfone groups is 1. The lowest BCUT2D eigenvalue weighted by Crippen LogP contribution is -2.37. The van der Waals surface area contributed by atoms with E-state index >= 15 is 0 Å². The second kappa shape index (κ2) is 11.4. The van der Waals surface area contributed by atoms with Crippen LogP contribution in [0.3, 0.4) is 0 Å². The van der Waals surface area contributed by atoms with E-state index in [9.17, 15) is 8.42 Å². The fraction of sp³-hybridized carbons (Fsp3) is 0.250. The number of aromatic nitrogens is 2. The molecule has 0 aliphatic rings. The minimum Gasteiger partial charge on any atom is -0.356 e. The van der Waals surface area contributed by atoms with Crippen LogP contribution in [0.5, 0.6) is 0 Å². The van der Waals surface area contributed by atoms with Gasteiger partial charge in [0.2, 0.25) is 11.7 Å². The van der Waals surface area contributed by atoms with Crippen LogP contribution in [0.15, 0.2) is 62.9 Å². The summed E-state index contributed by atoms with van der Waals surface area (Å²) in [6.45, 7) is 0.946. The summed E-state index contributed by atoms with van der Waals surface area (Å²) in [7, 11) is -1.51. The maximum absolute atomic E-state index is 11.5. The van der Waals surface area contributed by atoms with Crippen molar-refractivity contribution in [1.82, 2.24) is 20.8 Å². The highest BCUT2D eigenvalue weighted by molar-refractivity contribution is 14.0. The number of halogens is 2. The van der Waals surface area contributed by atoms with E-state index in [2.05, 4.69) is 25.8 Å². The van der Waals surface area contributed by atoms with Crippen molar-refractivity contribution in [3.63, 3.8) is 0 Å². The van der Waals surface area contributed by atoms with Gasteiger partial charge < -0.3 is 15.2 Å². The average Bonchev–Trinajstić information content (AvgIpc) is 3.20. The van der Waals surface area contributed by atoms with Gasteiger partial charge in [-0.25, -0.2) is 8.42 Å². The van der Waals surface area contributed by atoms with Crippen molar-refractivity contribution in [3.8, 4) is 11.4 Å². The van der Waals surface area contributed by atoms with Crippen LogP contribution < -0.4 is 10.6 Å². The van der Waals surface area contributed by atoms with Gasteiger partial charge in [0, 0.05) is 30.4 Å². The third-order valence-corrected chi connectivity index (χ3v) is 5.64. The molecule has 0 fully saturated rings. The summed E-state index contributed by atoms with van der Waals surface area (Å²) in [5.74, 6) is 1.51. The van der Waals surface area contributed by atoms with Crippen molar-refractivity contribution in [3.05, 3.63) is 65.0 Å². The molecule has 0 radical (unpaired) electrons. The van der Waals surface area contributed by atoms with Crippen LogP contribution in [0.25, 0.3) is 11.4 Å². The van der Waals surface area contributed by atoms with Gasteiger partial charge >= 0.3 is 0 Å². The quantitative estimate of drug-likeness (QED) is 0.253. The predicted molar refractivity (Wildman–Crippen MR) is 132 cm³/mol. The van der Waals surface area contributed by atoms with Crippen molar-refractivity contribution in [1.29, 1.82) is 0 Å². The van der Waals surface area contributed by atoms with E-state index < -0.39 is 9.84 Å². The predicted octanol–water partition coefficient (Wildman–Crippen LogP) is 3.32. The second-order valence-corrected chi connectivity index (χ2v) is 8.99. The first-order chi connectivity index (χ1) is 14.3. The fourth-order valence-corrected chi connectivity index (χ4v) is 3.41. The Kier molecular flexibility index (Phi) is 9.26. The Morgan fingerprint density at radius 1 is 1.10 bits per heavy atom. The molecule has 166 valence electrons. The van der Waals surface area contributed by atoms with Crippen LogP contribution in [0.4, 0.5) is 0 Å². The molecule has 0 saturated carbocycles. The molecular formula is C20H23ClIN5O3S. The van der Waals surface area contributed by atoms with E-state index in [4.69, 9.17) is 16.1 Å². The molecule has 3 aromatic rings. The number of hydrogen-bond donors (Lipinski definition) is 2. The van der Waals surface area contributed by atoms with Crippen LogP contribution in [0, 0.1) is 0 Å². The van der Waals surface area contributed by atoms with Crippen LogP contribution >= 0.6 is 35.6 Å². The number of hydrogen-bond acceptors (Lipinski definition) is 6. The maximum Gasteiger partial charge on any atom is 0.246 e. The fourth-order valence-electron chi connectivity index (χ4n) is 2.65. The molecule has 0 saturated heterocycles. The minimum absolute atomic E-state index is 0. The monoisotopic (exact) mass is 575 g/mol. The summed E-state index contributed by atoms with van der Waals surface area (Å²) in [4.78, 5) is 8.84. The van der Waals surface area contributed by atoms with Crippen LogP contribution in [-0.2, 0) is 22.8 Å². The third kappa shape index (κ3) is 7.47. The molecule has 0 aliphatic heterocycles. The number of nitrogens with one attached hydrogen (secondary N) is 2. The standard InChI is InChI=1S/C20H22ClN5O3S.HI/c1-22-20(23-12-11-14-3-9-17(10-4-14)30(2,27)28)24-13-18-25-19(26-29-18)15-5-7-16(21)8-6-15;/h3-10H,11-13H2,1-2H3,(H2,22,23,24);1H. The molecule has 0 aliphatic carbocycles. The highest BCUT2D eigenvalue weighted by Crippen LogP contribution is 2.18. The third-order valence-electron chi connectivity index (χ3n) is 4.26. The molecular weight excluding hydrogens is 553 g/mol. The Morgan fingerprint density at radius 2 is 1.77 bits per heavy atom. The van der Waals surface area contributed by atoms with E-state index in [-0.39, 0.29) is 24.0 Å². The topological polar surface area (TPSA) is 109 Å². The summed E-state index contributed by atoms with van der Waals surface area (Å²) in [6.07, 6.45) is 1.91. The van der Waals surface area contributed by atoms with Crippen molar-refractivity contribution in [2.45, 2.75) is 17.9 Å². The lowest BCUT2D eigenvalue weighted by molar-refractivity contribution is 0.375. The molecule has 8 nitrogen and oxygen atoms in total. The Bertz CT molecular complexity index is 1120. The number of rotatable bonds is 7. The largest absolute Gasteiger partial charge is 0.356 e. The van der Waals surface area contributed by atoms with Crippen molar-refractivity contribution in [2.24, 2.45) is 4.99 Å². The molecule has 0 spiro atoms. The number of nitrogens with zero attached hydrogens (tertiary/aromatic N) is 3. The summed E-state index contributed by atoms with van der Waals surface area (Å²) in [5.41, 5.74) is 1.84. The van der Waals surface area contributed by atoms with Crippen LogP contribution in [-0.4, -0.2) is 44.4 Å². The van der Waals surface area contributed by atoms with Gasteiger partial charge in [-0.05, 0) is 48.4 Å². The molecule has 2 aromatic carbocycles. The zero-order valence-electron chi connectivity index (χ0n) is 17.0. The average molecular weight is 576 g/mol. The van der Waals surface area contributed by atoms with Gasteiger partial charge in [0.25, 0.3) is 0 Å². The first kappa shape index (κ1) is 25.1. The second-order valence-electron chi connectivity index (χ2n) is 6.54. The molecule has 0 atom stereocenters. The summed E-state index contributed by atoms with van der Waals surface area (Å²) in [6, 6.07) is 14.0. The molecule has 3 rings (SSSR count). The van der Waals surface area contributed by atoms with Crippen LogP contribution in [0.1, 0.15) is 11.5 Å². The van der Waals surface area contributed by atoms with Gasteiger partial charge in [-0.2, -0.15) is 4.98 Å². The van der Waals surface area contributed by atoms with E-state index in [0.717, 1.165) is 11.1 Å². The Balaban J connectivity index is 0.00000341. The lowest BCUT2D eigenvalue weighted by Gasteiger charge is -2.10. The molecule has 1 aromatic heterocycles. The summed E-state index contributed by atoms with van der Waals surface area (Å²) >= 11 is 5.89. The molecule has 2 N–H and O–H groups in total. The molecule has 31 heavy (non-hydrogen) atoms. The normalized spacial score (nSPS) is 11.6. The zero-order chi connectivity index (χ0) is 21.6. The lowest BCUT2D eigenvalue weighted by atomic mass is 10.1. The maximum atomic E-state index is 11.5. The molecule has 1 heterocycles. The molecule has 0 bridgehead atoms. The Morgan fingerprint density at radius 3 is 2.39 bits per heavy atom. The zero-order valence-corrected chi connectivity index (χ0v) is 20.9. The van der Waals surface area contributed by atoms with Gasteiger partial charge in [-0.15, -0.1) is 24.0 Å². The first-order valence-corrected chi connectivity index (χ1v) is 11.4.